The van der Waals surface area contributed by atoms with Crippen molar-refractivity contribution in [1.29, 1.82) is 0 Å². The molecule has 19 heavy (non-hydrogen) atoms. The number of hydrazine groups is 1. The standard InChI is InChI=1S/C16H30N2O/c17-18-15(11-13-5-1-2-6-13)14-7-10-19-16(12-14)8-3-4-9-16/h13-15,18H,1-12,17H2. The molecule has 110 valence electrons. The van der Waals surface area contributed by atoms with Crippen molar-refractivity contribution in [2.75, 3.05) is 6.61 Å². The van der Waals surface area contributed by atoms with Crippen molar-refractivity contribution in [3.63, 3.8) is 0 Å². The molecule has 1 saturated heterocycles. The molecule has 2 aliphatic carbocycles. The summed E-state index contributed by atoms with van der Waals surface area (Å²) in [5, 5.41) is 0. The lowest BCUT2D eigenvalue weighted by atomic mass is 9.78. The lowest BCUT2D eigenvalue weighted by Crippen LogP contribution is -2.48. The van der Waals surface area contributed by atoms with Gasteiger partial charge in [-0.15, -0.1) is 0 Å². The van der Waals surface area contributed by atoms with Crippen molar-refractivity contribution in [3.8, 4) is 0 Å². The average molecular weight is 266 g/mol. The Morgan fingerprint density at radius 2 is 1.84 bits per heavy atom. The Morgan fingerprint density at radius 1 is 1.11 bits per heavy atom. The molecule has 0 radical (unpaired) electrons. The third-order valence-electron chi connectivity index (χ3n) is 5.89. The summed E-state index contributed by atoms with van der Waals surface area (Å²) in [6, 6.07) is 0.518. The monoisotopic (exact) mass is 266 g/mol. The zero-order valence-corrected chi connectivity index (χ0v) is 12.2. The minimum atomic E-state index is 0.230. The molecule has 0 amide bonds. The van der Waals surface area contributed by atoms with E-state index in [0.29, 0.717) is 6.04 Å². The summed E-state index contributed by atoms with van der Waals surface area (Å²) in [7, 11) is 0. The third kappa shape index (κ3) is 3.14. The quantitative estimate of drug-likeness (QED) is 0.607. The Bertz CT molecular complexity index is 282. The van der Waals surface area contributed by atoms with Crippen LogP contribution in [0.4, 0.5) is 0 Å². The Kier molecular flexibility index (Phi) is 4.45. The number of rotatable bonds is 4. The van der Waals surface area contributed by atoms with Gasteiger partial charge in [-0.1, -0.05) is 38.5 Å². The predicted octanol–water partition coefficient (Wildman–Crippen LogP) is 3.14. The van der Waals surface area contributed by atoms with Crippen LogP contribution in [0.15, 0.2) is 0 Å². The van der Waals surface area contributed by atoms with Gasteiger partial charge in [-0.25, -0.2) is 0 Å². The molecule has 3 N–H and O–H groups in total. The van der Waals surface area contributed by atoms with Crippen molar-refractivity contribution in [3.05, 3.63) is 0 Å². The van der Waals surface area contributed by atoms with Gasteiger partial charge in [0.2, 0.25) is 0 Å². The molecule has 0 aromatic carbocycles. The summed E-state index contributed by atoms with van der Waals surface area (Å²) >= 11 is 0. The molecule has 3 nitrogen and oxygen atoms in total. The minimum absolute atomic E-state index is 0.230. The van der Waals surface area contributed by atoms with Gasteiger partial charge in [-0.05, 0) is 43.9 Å². The normalized spacial score (nSPS) is 33.0. The smallest absolute Gasteiger partial charge is 0.0685 e. The molecule has 0 aromatic heterocycles. The second-order valence-electron chi connectivity index (χ2n) is 7.15. The molecule has 3 aliphatic rings. The zero-order valence-electron chi connectivity index (χ0n) is 12.2. The van der Waals surface area contributed by atoms with Crippen molar-refractivity contribution in [1.82, 2.24) is 5.43 Å². The third-order valence-corrected chi connectivity index (χ3v) is 5.89. The maximum absolute atomic E-state index is 6.15. The van der Waals surface area contributed by atoms with Gasteiger partial charge in [0, 0.05) is 12.6 Å². The Morgan fingerprint density at radius 3 is 2.53 bits per heavy atom. The molecule has 0 aromatic rings. The Labute approximate surface area is 117 Å². The summed E-state index contributed by atoms with van der Waals surface area (Å²) < 4.78 is 6.15. The van der Waals surface area contributed by atoms with Crippen LogP contribution in [0.5, 0.6) is 0 Å². The van der Waals surface area contributed by atoms with Crippen LogP contribution in [0.25, 0.3) is 0 Å². The van der Waals surface area contributed by atoms with Gasteiger partial charge in [0.1, 0.15) is 0 Å². The van der Waals surface area contributed by atoms with Crippen molar-refractivity contribution in [2.24, 2.45) is 17.7 Å². The predicted molar refractivity (Wildman–Crippen MR) is 77.6 cm³/mol. The van der Waals surface area contributed by atoms with E-state index in [1.54, 1.807) is 0 Å². The largest absolute Gasteiger partial charge is 0.375 e. The van der Waals surface area contributed by atoms with E-state index in [4.69, 9.17) is 10.6 Å². The first kappa shape index (κ1) is 13.8. The second-order valence-corrected chi connectivity index (χ2v) is 7.15. The van der Waals surface area contributed by atoms with Crippen LogP contribution in [0.1, 0.15) is 70.6 Å². The Balaban J connectivity index is 1.58. The molecule has 3 heteroatoms. The van der Waals surface area contributed by atoms with E-state index in [0.717, 1.165) is 18.4 Å². The maximum atomic E-state index is 6.15. The Hall–Kier alpha value is -0.120. The molecule has 2 unspecified atom stereocenters. The van der Waals surface area contributed by atoms with Crippen molar-refractivity contribution < 1.29 is 4.74 Å². The molecule has 0 bridgehead atoms. The summed E-state index contributed by atoms with van der Waals surface area (Å²) in [6.07, 6.45) is 14.7. The van der Waals surface area contributed by atoms with Crippen LogP contribution in [0.3, 0.4) is 0 Å². The van der Waals surface area contributed by atoms with E-state index in [1.165, 1.54) is 70.6 Å². The molecule has 2 saturated carbocycles. The van der Waals surface area contributed by atoms with Crippen LogP contribution < -0.4 is 11.3 Å². The van der Waals surface area contributed by atoms with Gasteiger partial charge < -0.3 is 4.74 Å². The van der Waals surface area contributed by atoms with E-state index in [-0.39, 0.29) is 5.60 Å². The number of nitrogens with one attached hydrogen (secondary N) is 1. The molecule has 1 heterocycles. The van der Waals surface area contributed by atoms with Gasteiger partial charge in [-0.2, -0.15) is 0 Å². The SMILES string of the molecule is NNC(CC1CCCC1)C1CCOC2(CCCC2)C1. The molecule has 2 atom stereocenters. The van der Waals surface area contributed by atoms with E-state index in [1.807, 2.05) is 0 Å². The average Bonchev–Trinajstić information content (AvgIpc) is 3.08. The minimum Gasteiger partial charge on any atom is -0.375 e. The molecule has 3 fully saturated rings. The van der Waals surface area contributed by atoms with Gasteiger partial charge in [-0.3, -0.25) is 11.3 Å². The number of ether oxygens (including phenoxy) is 1. The van der Waals surface area contributed by atoms with Gasteiger partial charge in [0.05, 0.1) is 5.60 Å². The number of nitrogens with two attached hydrogens (primary N) is 1. The van der Waals surface area contributed by atoms with E-state index < -0.39 is 0 Å². The van der Waals surface area contributed by atoms with E-state index in [2.05, 4.69) is 5.43 Å². The van der Waals surface area contributed by atoms with Gasteiger partial charge >= 0.3 is 0 Å². The first-order valence-corrected chi connectivity index (χ1v) is 8.41. The van der Waals surface area contributed by atoms with Crippen LogP contribution in [-0.4, -0.2) is 18.2 Å². The molecular formula is C16H30N2O. The van der Waals surface area contributed by atoms with E-state index >= 15 is 0 Å². The summed E-state index contributed by atoms with van der Waals surface area (Å²) in [6.45, 7) is 0.952. The van der Waals surface area contributed by atoms with Crippen LogP contribution in [-0.2, 0) is 4.74 Å². The maximum Gasteiger partial charge on any atom is 0.0685 e. The fourth-order valence-corrected chi connectivity index (χ4v) is 4.78. The fourth-order valence-electron chi connectivity index (χ4n) is 4.78. The highest BCUT2D eigenvalue weighted by Gasteiger charge is 2.42. The highest BCUT2D eigenvalue weighted by molar-refractivity contribution is 4.94. The number of hydrogen-bond acceptors (Lipinski definition) is 3. The highest BCUT2D eigenvalue weighted by Crippen LogP contribution is 2.44. The molecule has 1 aliphatic heterocycles. The second kappa shape index (κ2) is 6.11. The lowest BCUT2D eigenvalue weighted by molar-refractivity contribution is -0.0989. The van der Waals surface area contributed by atoms with Gasteiger partial charge in [0.25, 0.3) is 0 Å². The highest BCUT2D eigenvalue weighted by atomic mass is 16.5. The fraction of sp³-hybridized carbons (Fsp3) is 1.00. The zero-order chi connectivity index (χ0) is 13.1. The van der Waals surface area contributed by atoms with Crippen LogP contribution >= 0.6 is 0 Å². The first-order valence-electron chi connectivity index (χ1n) is 8.41. The lowest BCUT2D eigenvalue weighted by Gasteiger charge is -2.41. The number of hydrogen-bond donors (Lipinski definition) is 2. The molecule has 3 rings (SSSR count). The van der Waals surface area contributed by atoms with Crippen molar-refractivity contribution >= 4 is 0 Å². The molecular weight excluding hydrogens is 236 g/mol. The van der Waals surface area contributed by atoms with E-state index in [9.17, 15) is 0 Å². The summed E-state index contributed by atoms with van der Waals surface area (Å²) in [5.74, 6) is 7.53. The van der Waals surface area contributed by atoms with Crippen molar-refractivity contribution in [2.45, 2.75) is 82.3 Å². The first-order chi connectivity index (χ1) is 9.31. The molecule has 1 spiro atoms. The topological polar surface area (TPSA) is 47.3 Å². The summed E-state index contributed by atoms with van der Waals surface area (Å²) in [5.41, 5.74) is 3.38. The van der Waals surface area contributed by atoms with Crippen LogP contribution in [0, 0.1) is 11.8 Å². The summed E-state index contributed by atoms with van der Waals surface area (Å²) in [4.78, 5) is 0. The van der Waals surface area contributed by atoms with Crippen LogP contribution in [0.2, 0.25) is 0 Å². The van der Waals surface area contributed by atoms with Gasteiger partial charge in [0.15, 0.2) is 0 Å².